The fourth-order valence-electron chi connectivity index (χ4n) is 2.05. The molecule has 0 aliphatic carbocycles. The molecule has 0 saturated carbocycles. The van der Waals surface area contributed by atoms with Crippen molar-refractivity contribution in [2.75, 3.05) is 28.4 Å². The van der Waals surface area contributed by atoms with E-state index in [-0.39, 0.29) is 0 Å². The summed E-state index contributed by atoms with van der Waals surface area (Å²) in [6, 6.07) is 7.50. The first kappa shape index (κ1) is 12.4. The third kappa shape index (κ3) is 1.79. The van der Waals surface area contributed by atoms with E-state index in [0.29, 0.717) is 11.5 Å². The molecule has 0 heterocycles. The van der Waals surface area contributed by atoms with Gasteiger partial charge in [-0.05, 0) is 24.3 Å². The van der Waals surface area contributed by atoms with Crippen molar-refractivity contribution in [3.8, 4) is 23.0 Å². The molecule has 0 amide bonds. The molecule has 0 spiro atoms. The van der Waals surface area contributed by atoms with E-state index in [4.69, 9.17) is 18.9 Å². The summed E-state index contributed by atoms with van der Waals surface area (Å²) in [5, 5.41) is 1.77. The molecule has 0 aliphatic heterocycles. The Balaban J connectivity index is 2.88. The Kier molecular flexibility index (Phi) is 3.46. The van der Waals surface area contributed by atoms with E-state index >= 15 is 0 Å². The van der Waals surface area contributed by atoms with Gasteiger partial charge in [0.1, 0.15) is 11.5 Å². The van der Waals surface area contributed by atoms with Gasteiger partial charge in [-0.15, -0.1) is 0 Å². The highest BCUT2D eigenvalue weighted by Crippen LogP contribution is 2.43. The van der Waals surface area contributed by atoms with Crippen LogP contribution in [-0.2, 0) is 0 Å². The summed E-state index contributed by atoms with van der Waals surface area (Å²) in [5.74, 6) is 2.80. The molecule has 0 radical (unpaired) electrons. The molecular weight excluding hydrogens is 232 g/mol. The molecule has 96 valence electrons. The standard InChI is InChI=1S/C14H16O4/c1-15-10-7-8-11(16-2)13-9(10)5-6-12(17-3)14(13)18-4/h5-8H,1-4H3. The van der Waals surface area contributed by atoms with Crippen LogP contribution >= 0.6 is 0 Å². The van der Waals surface area contributed by atoms with Gasteiger partial charge >= 0.3 is 0 Å². The molecular formula is C14H16O4. The minimum Gasteiger partial charge on any atom is -0.496 e. The van der Waals surface area contributed by atoms with Crippen molar-refractivity contribution in [1.29, 1.82) is 0 Å². The zero-order valence-electron chi connectivity index (χ0n) is 10.9. The van der Waals surface area contributed by atoms with Crippen LogP contribution in [0.1, 0.15) is 0 Å². The molecule has 2 aromatic rings. The SMILES string of the molecule is COc1ccc2c(OC)ccc(OC)c2c1OC. The predicted molar refractivity (Wildman–Crippen MR) is 70.2 cm³/mol. The lowest BCUT2D eigenvalue weighted by molar-refractivity contribution is 0.356. The van der Waals surface area contributed by atoms with Crippen molar-refractivity contribution in [2.45, 2.75) is 0 Å². The molecule has 18 heavy (non-hydrogen) atoms. The number of hydrogen-bond acceptors (Lipinski definition) is 4. The third-order valence-electron chi connectivity index (χ3n) is 2.88. The summed E-state index contributed by atoms with van der Waals surface area (Å²) in [7, 11) is 6.48. The average Bonchev–Trinajstić information content (AvgIpc) is 2.44. The highest BCUT2D eigenvalue weighted by molar-refractivity contribution is 5.99. The number of methoxy groups -OCH3 is 4. The maximum Gasteiger partial charge on any atom is 0.172 e. The van der Waals surface area contributed by atoms with Gasteiger partial charge in [0.05, 0.1) is 33.8 Å². The van der Waals surface area contributed by atoms with E-state index in [1.807, 2.05) is 24.3 Å². The molecule has 4 heteroatoms. The quantitative estimate of drug-likeness (QED) is 0.833. The van der Waals surface area contributed by atoms with E-state index in [9.17, 15) is 0 Å². The van der Waals surface area contributed by atoms with Crippen molar-refractivity contribution in [3.05, 3.63) is 24.3 Å². The molecule has 0 atom stereocenters. The Bertz CT molecular complexity index is 563. The predicted octanol–water partition coefficient (Wildman–Crippen LogP) is 2.87. The lowest BCUT2D eigenvalue weighted by Crippen LogP contribution is -1.95. The zero-order valence-corrected chi connectivity index (χ0v) is 10.9. The van der Waals surface area contributed by atoms with Crippen LogP contribution in [0, 0.1) is 0 Å². The van der Waals surface area contributed by atoms with Gasteiger partial charge in [-0.2, -0.15) is 0 Å². The van der Waals surface area contributed by atoms with Gasteiger partial charge in [-0.3, -0.25) is 0 Å². The molecule has 0 unspecified atom stereocenters. The zero-order chi connectivity index (χ0) is 13.1. The average molecular weight is 248 g/mol. The Morgan fingerprint density at radius 2 is 1.17 bits per heavy atom. The Morgan fingerprint density at radius 3 is 1.72 bits per heavy atom. The van der Waals surface area contributed by atoms with Crippen LogP contribution in [0.5, 0.6) is 23.0 Å². The number of rotatable bonds is 4. The van der Waals surface area contributed by atoms with Gasteiger partial charge in [-0.25, -0.2) is 0 Å². The monoisotopic (exact) mass is 248 g/mol. The lowest BCUT2D eigenvalue weighted by Gasteiger charge is -2.15. The minimum absolute atomic E-state index is 0.644. The Hall–Kier alpha value is -2.10. The van der Waals surface area contributed by atoms with Crippen molar-refractivity contribution < 1.29 is 18.9 Å². The first-order valence-electron chi connectivity index (χ1n) is 5.52. The van der Waals surface area contributed by atoms with Gasteiger partial charge in [0.15, 0.2) is 11.5 Å². The molecule has 0 fully saturated rings. The van der Waals surface area contributed by atoms with E-state index in [1.165, 1.54) is 0 Å². The summed E-state index contributed by atoms with van der Waals surface area (Å²) in [5.41, 5.74) is 0. The largest absolute Gasteiger partial charge is 0.496 e. The van der Waals surface area contributed by atoms with Gasteiger partial charge in [0.2, 0.25) is 0 Å². The highest BCUT2D eigenvalue weighted by atomic mass is 16.5. The van der Waals surface area contributed by atoms with Gasteiger partial charge in [-0.1, -0.05) is 0 Å². The maximum atomic E-state index is 5.43. The molecule has 4 nitrogen and oxygen atoms in total. The number of hydrogen-bond donors (Lipinski definition) is 0. The second kappa shape index (κ2) is 5.04. The molecule has 0 bridgehead atoms. The smallest absolute Gasteiger partial charge is 0.172 e. The van der Waals surface area contributed by atoms with E-state index < -0.39 is 0 Å². The van der Waals surface area contributed by atoms with Crippen molar-refractivity contribution in [3.63, 3.8) is 0 Å². The van der Waals surface area contributed by atoms with Gasteiger partial charge in [0.25, 0.3) is 0 Å². The molecule has 0 aliphatic rings. The Morgan fingerprint density at radius 1 is 0.611 bits per heavy atom. The van der Waals surface area contributed by atoms with Crippen LogP contribution < -0.4 is 18.9 Å². The number of ether oxygens (including phenoxy) is 4. The fraction of sp³-hybridized carbons (Fsp3) is 0.286. The molecule has 0 N–H and O–H groups in total. The fourth-order valence-corrected chi connectivity index (χ4v) is 2.05. The van der Waals surface area contributed by atoms with Gasteiger partial charge in [0, 0.05) is 5.39 Å². The highest BCUT2D eigenvalue weighted by Gasteiger charge is 2.16. The second-order valence-electron chi connectivity index (χ2n) is 3.69. The number of fused-ring (bicyclic) bond motifs is 1. The van der Waals surface area contributed by atoms with Crippen LogP contribution in [0.4, 0.5) is 0 Å². The number of benzene rings is 2. The summed E-state index contributed by atoms with van der Waals surface area (Å²) in [6.07, 6.45) is 0. The van der Waals surface area contributed by atoms with Crippen LogP contribution in [0.25, 0.3) is 10.8 Å². The minimum atomic E-state index is 0.644. The van der Waals surface area contributed by atoms with E-state index in [2.05, 4.69) is 0 Å². The van der Waals surface area contributed by atoms with Crippen LogP contribution in [-0.4, -0.2) is 28.4 Å². The summed E-state index contributed by atoms with van der Waals surface area (Å²) >= 11 is 0. The first-order chi connectivity index (χ1) is 8.76. The topological polar surface area (TPSA) is 36.9 Å². The second-order valence-corrected chi connectivity index (χ2v) is 3.69. The lowest BCUT2D eigenvalue weighted by atomic mass is 10.1. The normalized spacial score (nSPS) is 10.2. The van der Waals surface area contributed by atoms with Crippen molar-refractivity contribution in [2.24, 2.45) is 0 Å². The van der Waals surface area contributed by atoms with Crippen LogP contribution in [0.3, 0.4) is 0 Å². The summed E-state index contributed by atoms with van der Waals surface area (Å²) in [4.78, 5) is 0. The van der Waals surface area contributed by atoms with E-state index in [1.54, 1.807) is 28.4 Å². The first-order valence-corrected chi connectivity index (χ1v) is 5.52. The molecule has 0 aromatic heterocycles. The van der Waals surface area contributed by atoms with Crippen molar-refractivity contribution >= 4 is 10.8 Å². The molecule has 2 rings (SSSR count). The third-order valence-corrected chi connectivity index (χ3v) is 2.88. The summed E-state index contributed by atoms with van der Waals surface area (Å²) < 4.78 is 21.5. The van der Waals surface area contributed by atoms with E-state index in [0.717, 1.165) is 22.3 Å². The van der Waals surface area contributed by atoms with Crippen LogP contribution in [0.2, 0.25) is 0 Å². The van der Waals surface area contributed by atoms with Crippen molar-refractivity contribution in [1.82, 2.24) is 0 Å². The molecule has 2 aromatic carbocycles. The summed E-state index contributed by atoms with van der Waals surface area (Å²) in [6.45, 7) is 0. The molecule has 0 saturated heterocycles. The Labute approximate surface area is 106 Å². The maximum absolute atomic E-state index is 5.43. The van der Waals surface area contributed by atoms with Crippen LogP contribution in [0.15, 0.2) is 24.3 Å². The van der Waals surface area contributed by atoms with Gasteiger partial charge < -0.3 is 18.9 Å².